The van der Waals surface area contributed by atoms with Gasteiger partial charge in [-0.1, -0.05) is 0 Å². The molecule has 0 saturated heterocycles. The third-order valence-electron chi connectivity index (χ3n) is 5.10. The number of anilines is 1. The Kier molecular flexibility index (Phi) is 3.45. The normalized spacial score (nSPS) is 11.5. The van der Waals surface area contributed by atoms with Gasteiger partial charge in [0.1, 0.15) is 11.2 Å². The molecule has 0 saturated carbocycles. The zero-order valence-electron chi connectivity index (χ0n) is 15.6. The molecular weight excluding hydrogens is 378 g/mol. The summed E-state index contributed by atoms with van der Waals surface area (Å²) in [5, 5.41) is 8.60. The Hall–Kier alpha value is -4.46. The third kappa shape index (κ3) is 2.55. The van der Waals surface area contributed by atoms with Gasteiger partial charge in [0.25, 0.3) is 0 Å². The fourth-order valence-corrected chi connectivity index (χ4v) is 3.67. The fourth-order valence-electron chi connectivity index (χ4n) is 3.67. The van der Waals surface area contributed by atoms with Gasteiger partial charge in [0, 0.05) is 40.7 Å². The Morgan fingerprint density at radius 2 is 1.83 bits per heavy atom. The van der Waals surface area contributed by atoms with Crippen molar-refractivity contribution in [3.05, 3.63) is 67.6 Å². The molecule has 0 spiro atoms. The highest BCUT2D eigenvalue weighted by Crippen LogP contribution is 2.33. The molecule has 4 N–H and O–H groups in total. The molecule has 144 valence electrons. The summed E-state index contributed by atoms with van der Waals surface area (Å²) in [7, 11) is 0. The number of nitrogens with two attached hydrogens (primary N) is 1. The van der Waals surface area contributed by atoms with E-state index in [4.69, 9.17) is 15.1 Å². The highest BCUT2D eigenvalue weighted by Gasteiger charge is 2.16. The average molecular weight is 393 g/mol. The van der Waals surface area contributed by atoms with Gasteiger partial charge >= 0.3 is 0 Å². The average Bonchev–Trinajstić information content (AvgIpc) is 3.51. The zero-order chi connectivity index (χ0) is 20.1. The first-order chi connectivity index (χ1) is 14.8. The highest BCUT2D eigenvalue weighted by molar-refractivity contribution is 5.99. The summed E-state index contributed by atoms with van der Waals surface area (Å²) in [5.74, 6) is 0. The molecule has 0 atom stereocenters. The number of nitrogens with one attached hydrogen (secondary N) is 2. The second-order valence-corrected chi connectivity index (χ2v) is 7.02. The first-order valence-corrected chi connectivity index (χ1v) is 9.32. The lowest BCUT2D eigenvalue weighted by atomic mass is 10.1. The lowest BCUT2D eigenvalue weighted by Crippen LogP contribution is -1.90. The molecule has 0 amide bonds. The summed E-state index contributed by atoms with van der Waals surface area (Å²) >= 11 is 0. The molecule has 8 nitrogen and oxygen atoms in total. The van der Waals surface area contributed by atoms with Crippen molar-refractivity contribution >= 4 is 27.6 Å². The van der Waals surface area contributed by atoms with Crippen LogP contribution in [0.15, 0.2) is 72.1 Å². The predicted molar refractivity (Wildman–Crippen MR) is 114 cm³/mol. The number of rotatable bonds is 3. The minimum absolute atomic E-state index is 0.594. The van der Waals surface area contributed by atoms with Crippen LogP contribution in [0.5, 0.6) is 0 Å². The largest absolute Gasteiger partial charge is 0.472 e. The van der Waals surface area contributed by atoms with Crippen LogP contribution in [0.2, 0.25) is 0 Å². The number of aromatic amines is 2. The number of furan rings is 1. The van der Waals surface area contributed by atoms with Crippen molar-refractivity contribution in [2.45, 2.75) is 0 Å². The smallest absolute Gasteiger partial charge is 0.135 e. The van der Waals surface area contributed by atoms with E-state index in [-0.39, 0.29) is 0 Å². The van der Waals surface area contributed by atoms with E-state index in [0.717, 1.165) is 55.7 Å². The number of hydrogen-bond donors (Lipinski definition) is 3. The second kappa shape index (κ2) is 6.28. The van der Waals surface area contributed by atoms with E-state index in [1.54, 1.807) is 31.1 Å². The maximum atomic E-state index is 5.88. The van der Waals surface area contributed by atoms with Gasteiger partial charge in [-0.2, -0.15) is 5.10 Å². The molecule has 0 aliphatic carbocycles. The molecule has 0 aliphatic heterocycles. The van der Waals surface area contributed by atoms with Crippen LogP contribution in [0, 0.1) is 0 Å². The molecule has 0 unspecified atom stereocenters. The Bertz CT molecular complexity index is 1510. The van der Waals surface area contributed by atoms with Crippen LogP contribution in [0.3, 0.4) is 0 Å². The van der Waals surface area contributed by atoms with Crippen LogP contribution in [0.4, 0.5) is 5.69 Å². The first kappa shape index (κ1) is 16.5. The van der Waals surface area contributed by atoms with E-state index in [0.29, 0.717) is 5.69 Å². The van der Waals surface area contributed by atoms with E-state index in [2.05, 4.69) is 31.2 Å². The zero-order valence-corrected chi connectivity index (χ0v) is 15.6. The van der Waals surface area contributed by atoms with Crippen molar-refractivity contribution in [3.63, 3.8) is 0 Å². The van der Waals surface area contributed by atoms with Crippen molar-refractivity contribution in [1.29, 1.82) is 0 Å². The molecule has 0 aromatic carbocycles. The number of H-pyrrole nitrogens is 2. The minimum Gasteiger partial charge on any atom is -0.472 e. The van der Waals surface area contributed by atoms with E-state index in [1.165, 1.54) is 0 Å². The number of fused-ring (bicyclic) bond motifs is 2. The molecule has 6 heterocycles. The summed E-state index contributed by atoms with van der Waals surface area (Å²) in [6.07, 6.45) is 10.3. The number of pyridine rings is 3. The molecule has 0 radical (unpaired) electrons. The van der Waals surface area contributed by atoms with Gasteiger partial charge in [0.15, 0.2) is 0 Å². The summed E-state index contributed by atoms with van der Waals surface area (Å²) in [6, 6.07) is 9.71. The van der Waals surface area contributed by atoms with E-state index < -0.39 is 0 Å². The topological polar surface area (TPSA) is 122 Å². The SMILES string of the molecule is Nc1cncc(-c2ccc3[nH]nc(-c4cc5c(-c6ccoc6)cncc5[nH]4)c3n2)c1. The van der Waals surface area contributed by atoms with Gasteiger partial charge in [0.05, 0.1) is 46.8 Å². The first-order valence-electron chi connectivity index (χ1n) is 9.32. The van der Waals surface area contributed by atoms with E-state index >= 15 is 0 Å². The Morgan fingerprint density at radius 3 is 2.70 bits per heavy atom. The van der Waals surface area contributed by atoms with Gasteiger partial charge in [-0.05, 0) is 30.3 Å². The molecular formula is C22H15N7O. The molecule has 0 fully saturated rings. The van der Waals surface area contributed by atoms with Crippen molar-refractivity contribution in [2.24, 2.45) is 0 Å². The van der Waals surface area contributed by atoms with Crippen molar-refractivity contribution < 1.29 is 4.42 Å². The van der Waals surface area contributed by atoms with Crippen LogP contribution >= 0.6 is 0 Å². The number of nitrogen functional groups attached to an aromatic ring is 1. The fraction of sp³-hybridized carbons (Fsp3) is 0. The van der Waals surface area contributed by atoms with Crippen LogP contribution in [-0.2, 0) is 0 Å². The number of aromatic nitrogens is 6. The Labute approximate surface area is 169 Å². The van der Waals surface area contributed by atoms with E-state index in [9.17, 15) is 0 Å². The van der Waals surface area contributed by atoms with Crippen LogP contribution in [-0.4, -0.2) is 30.1 Å². The number of hydrogen-bond acceptors (Lipinski definition) is 6. The monoisotopic (exact) mass is 393 g/mol. The summed E-state index contributed by atoms with van der Waals surface area (Å²) in [6.45, 7) is 0. The van der Waals surface area contributed by atoms with Gasteiger partial charge in [-0.3, -0.25) is 15.1 Å². The summed E-state index contributed by atoms with van der Waals surface area (Å²) < 4.78 is 5.24. The molecule has 6 aromatic heterocycles. The van der Waals surface area contributed by atoms with Crippen LogP contribution < -0.4 is 5.73 Å². The molecule has 6 rings (SSSR count). The summed E-state index contributed by atoms with van der Waals surface area (Å²) in [4.78, 5) is 16.8. The molecule has 8 heteroatoms. The van der Waals surface area contributed by atoms with E-state index in [1.807, 2.05) is 30.5 Å². The standard InChI is InChI=1S/C22H15N7O/c23-14-5-13(7-24-8-14)17-1-2-18-21(27-17)22(29-28-18)19-6-15-16(12-3-4-30-11-12)9-25-10-20(15)26-19/h1-11,26H,23H2,(H,28,29). The van der Waals surface area contributed by atoms with Gasteiger partial charge in [-0.15, -0.1) is 0 Å². The van der Waals surface area contributed by atoms with Crippen molar-refractivity contribution in [3.8, 4) is 33.8 Å². The van der Waals surface area contributed by atoms with Gasteiger partial charge in [-0.25, -0.2) is 4.98 Å². The Balaban J connectivity index is 1.52. The molecule has 30 heavy (non-hydrogen) atoms. The number of nitrogens with zero attached hydrogens (tertiary/aromatic N) is 4. The minimum atomic E-state index is 0.594. The quantitative estimate of drug-likeness (QED) is 0.409. The van der Waals surface area contributed by atoms with Crippen molar-refractivity contribution in [1.82, 2.24) is 30.1 Å². The maximum Gasteiger partial charge on any atom is 0.135 e. The molecule has 0 aliphatic rings. The third-order valence-corrected chi connectivity index (χ3v) is 5.10. The highest BCUT2D eigenvalue weighted by atomic mass is 16.3. The lowest BCUT2D eigenvalue weighted by molar-refractivity contribution is 0.568. The van der Waals surface area contributed by atoms with Crippen LogP contribution in [0.25, 0.3) is 55.7 Å². The van der Waals surface area contributed by atoms with Crippen LogP contribution in [0.1, 0.15) is 0 Å². The maximum absolute atomic E-state index is 5.88. The predicted octanol–water partition coefficient (Wildman–Crippen LogP) is 4.41. The van der Waals surface area contributed by atoms with Crippen molar-refractivity contribution in [2.75, 3.05) is 5.73 Å². The second-order valence-electron chi connectivity index (χ2n) is 7.02. The van der Waals surface area contributed by atoms with Gasteiger partial charge < -0.3 is 15.1 Å². The van der Waals surface area contributed by atoms with Gasteiger partial charge in [0.2, 0.25) is 0 Å². The lowest BCUT2D eigenvalue weighted by Gasteiger charge is -2.02. The Morgan fingerprint density at radius 1 is 0.900 bits per heavy atom. The summed E-state index contributed by atoms with van der Waals surface area (Å²) in [5.41, 5.74) is 14.2. The molecule has 6 aromatic rings. The molecule has 0 bridgehead atoms.